The highest BCUT2D eigenvalue weighted by atomic mass is 35.5. The van der Waals surface area contributed by atoms with Gasteiger partial charge in [-0.3, -0.25) is 0 Å². The van der Waals surface area contributed by atoms with E-state index in [4.69, 9.17) is 4.84 Å². The van der Waals surface area contributed by atoms with E-state index in [1.165, 1.54) is 18.2 Å². The number of halogens is 4. The Hall–Kier alpha value is -3.29. The number of nitrogens with zero attached hydrogens (tertiary/aromatic N) is 2. The van der Waals surface area contributed by atoms with Crippen LogP contribution in [0.15, 0.2) is 85.1 Å². The van der Waals surface area contributed by atoms with Crippen LogP contribution >= 0.6 is 12.4 Å². The molecule has 0 unspecified atom stereocenters. The Kier molecular flexibility index (Phi) is 8.02. The summed E-state index contributed by atoms with van der Waals surface area (Å²) in [6.45, 7) is 0.720. The van der Waals surface area contributed by atoms with E-state index < -0.39 is 17.7 Å². The number of benzene rings is 3. The van der Waals surface area contributed by atoms with Crippen molar-refractivity contribution >= 4 is 29.3 Å². The van der Waals surface area contributed by atoms with Gasteiger partial charge in [-0.15, -0.1) is 17.5 Å². The van der Waals surface area contributed by atoms with Gasteiger partial charge in [-0.2, -0.15) is 13.2 Å². The summed E-state index contributed by atoms with van der Waals surface area (Å²) in [5.74, 6) is -0.480. The van der Waals surface area contributed by atoms with Gasteiger partial charge in [0.15, 0.2) is 0 Å². The number of hydroxylamine groups is 2. The van der Waals surface area contributed by atoms with Crippen LogP contribution in [-0.2, 0) is 35.3 Å². The first-order chi connectivity index (χ1) is 15.8. The lowest BCUT2D eigenvalue weighted by Crippen LogP contribution is -2.24. The van der Waals surface area contributed by atoms with Gasteiger partial charge in [0.05, 0.1) is 18.5 Å². The van der Waals surface area contributed by atoms with Gasteiger partial charge in [0.2, 0.25) is 0 Å². The van der Waals surface area contributed by atoms with Crippen molar-refractivity contribution in [1.82, 2.24) is 9.63 Å². The number of carbonyl (C=O) groups is 1. The lowest BCUT2D eigenvalue weighted by molar-refractivity contribution is -0.185. The Morgan fingerprint density at radius 3 is 2.35 bits per heavy atom. The maximum absolute atomic E-state index is 12.9. The molecule has 0 aliphatic carbocycles. The number of hydrogen-bond acceptors (Lipinski definition) is 3. The molecule has 1 aromatic heterocycles. The van der Waals surface area contributed by atoms with Crippen LogP contribution in [0.1, 0.15) is 22.3 Å². The molecule has 0 atom stereocenters. The topological polar surface area (TPSA) is 34.5 Å². The van der Waals surface area contributed by atoms with Crippen molar-refractivity contribution in [2.45, 2.75) is 25.7 Å². The number of alkyl halides is 3. The van der Waals surface area contributed by atoms with Crippen LogP contribution in [0.25, 0.3) is 10.9 Å². The smallest absolute Gasteiger partial charge is 0.368 e. The van der Waals surface area contributed by atoms with Gasteiger partial charge in [0, 0.05) is 30.7 Å². The highest BCUT2D eigenvalue weighted by Gasteiger charge is 2.30. The Morgan fingerprint density at radius 2 is 1.62 bits per heavy atom. The second-order valence-electron chi connectivity index (χ2n) is 7.91. The molecule has 0 aliphatic rings. The lowest BCUT2D eigenvalue weighted by atomic mass is 10.1. The standard InChI is InChI=1S/C26H23F3N2O2.ClH/c1-30(16-20-10-7-11-22(14-20)26(27,28)29)33-25(32)15-21-18-31(17-19-8-3-2-4-9-19)24-13-6-5-12-23(21)24;/h2-14,18H,15-17H2,1H3;1H. The SMILES string of the molecule is CN(Cc1cccc(C(F)(F)F)c1)OC(=O)Cc1cn(Cc2ccccc2)c2ccccc12.Cl. The van der Waals surface area contributed by atoms with Crippen LogP contribution in [0.3, 0.4) is 0 Å². The Morgan fingerprint density at radius 1 is 0.941 bits per heavy atom. The minimum absolute atomic E-state index is 0. The van der Waals surface area contributed by atoms with E-state index in [1.807, 2.05) is 60.8 Å². The quantitative estimate of drug-likeness (QED) is 0.288. The molecule has 0 saturated carbocycles. The van der Waals surface area contributed by atoms with Crippen LogP contribution in [-0.4, -0.2) is 22.6 Å². The number of aromatic nitrogens is 1. The second kappa shape index (κ2) is 10.8. The first-order valence-electron chi connectivity index (χ1n) is 10.5. The Balaban J connectivity index is 0.00000324. The van der Waals surface area contributed by atoms with Crippen molar-refractivity contribution in [2.75, 3.05) is 7.05 Å². The van der Waals surface area contributed by atoms with Crippen molar-refractivity contribution in [3.8, 4) is 0 Å². The molecule has 1 heterocycles. The van der Waals surface area contributed by atoms with Crippen molar-refractivity contribution in [3.63, 3.8) is 0 Å². The van der Waals surface area contributed by atoms with E-state index in [2.05, 4.69) is 4.57 Å². The number of hydrogen-bond donors (Lipinski definition) is 0. The largest absolute Gasteiger partial charge is 0.416 e. The molecule has 0 amide bonds. The van der Waals surface area contributed by atoms with Crippen molar-refractivity contribution in [2.24, 2.45) is 0 Å². The van der Waals surface area contributed by atoms with Gasteiger partial charge in [-0.1, -0.05) is 66.7 Å². The fourth-order valence-corrected chi connectivity index (χ4v) is 3.87. The fraction of sp³-hybridized carbons (Fsp3) is 0.192. The van der Waals surface area contributed by atoms with Gasteiger partial charge >= 0.3 is 12.1 Å². The minimum atomic E-state index is -4.42. The van der Waals surface area contributed by atoms with E-state index in [1.54, 1.807) is 6.07 Å². The van der Waals surface area contributed by atoms with Gasteiger partial charge in [0.1, 0.15) is 0 Å². The third kappa shape index (κ3) is 6.18. The van der Waals surface area contributed by atoms with Crippen molar-refractivity contribution < 1.29 is 22.8 Å². The van der Waals surface area contributed by atoms with E-state index in [0.29, 0.717) is 12.1 Å². The molecule has 3 aromatic carbocycles. The minimum Gasteiger partial charge on any atom is -0.368 e. The van der Waals surface area contributed by atoms with Crippen LogP contribution in [0.2, 0.25) is 0 Å². The zero-order chi connectivity index (χ0) is 23.4. The van der Waals surface area contributed by atoms with E-state index in [-0.39, 0.29) is 25.4 Å². The molecule has 4 nitrogen and oxygen atoms in total. The first-order valence-corrected chi connectivity index (χ1v) is 10.5. The molecule has 34 heavy (non-hydrogen) atoms. The average molecular weight is 489 g/mol. The summed E-state index contributed by atoms with van der Waals surface area (Å²) in [6, 6.07) is 22.9. The third-order valence-electron chi connectivity index (χ3n) is 5.32. The Labute approximate surface area is 201 Å². The molecule has 0 N–H and O–H groups in total. The predicted octanol–water partition coefficient (Wildman–Crippen LogP) is 6.26. The number of rotatable bonds is 7. The Bertz CT molecular complexity index is 1260. The molecule has 178 valence electrons. The molecule has 0 spiro atoms. The molecule has 4 aromatic rings. The van der Waals surface area contributed by atoms with Crippen LogP contribution in [0, 0.1) is 0 Å². The molecular formula is C26H24ClF3N2O2. The maximum atomic E-state index is 12.9. The molecule has 0 aliphatic heterocycles. The summed E-state index contributed by atoms with van der Waals surface area (Å²) in [6.07, 6.45) is -2.42. The summed E-state index contributed by atoms with van der Waals surface area (Å²) in [5.41, 5.74) is 2.67. The molecular weight excluding hydrogens is 465 g/mol. The number of para-hydroxylation sites is 1. The number of carbonyl (C=O) groups excluding carboxylic acids is 1. The highest BCUT2D eigenvalue weighted by Crippen LogP contribution is 2.30. The van der Waals surface area contributed by atoms with E-state index in [0.717, 1.165) is 34.2 Å². The normalized spacial score (nSPS) is 11.4. The first kappa shape index (κ1) is 25.3. The van der Waals surface area contributed by atoms with E-state index >= 15 is 0 Å². The number of fused-ring (bicyclic) bond motifs is 1. The summed E-state index contributed by atoms with van der Waals surface area (Å²) in [5, 5.41) is 2.21. The molecule has 8 heteroatoms. The van der Waals surface area contributed by atoms with Crippen LogP contribution in [0.4, 0.5) is 13.2 Å². The molecule has 0 bridgehead atoms. The summed E-state index contributed by atoms with van der Waals surface area (Å²) >= 11 is 0. The average Bonchev–Trinajstić information content (AvgIpc) is 3.11. The van der Waals surface area contributed by atoms with Gasteiger partial charge in [-0.25, -0.2) is 4.79 Å². The fourth-order valence-electron chi connectivity index (χ4n) is 3.87. The molecule has 0 radical (unpaired) electrons. The second-order valence-corrected chi connectivity index (χ2v) is 7.91. The van der Waals surface area contributed by atoms with Crippen LogP contribution < -0.4 is 0 Å². The van der Waals surface area contributed by atoms with Gasteiger partial charge < -0.3 is 9.40 Å². The molecule has 4 rings (SSSR count). The summed E-state index contributed by atoms with van der Waals surface area (Å²) in [7, 11) is 1.52. The zero-order valence-corrected chi connectivity index (χ0v) is 19.3. The predicted molar refractivity (Wildman–Crippen MR) is 127 cm³/mol. The lowest BCUT2D eigenvalue weighted by Gasteiger charge is -2.17. The maximum Gasteiger partial charge on any atom is 0.416 e. The summed E-state index contributed by atoms with van der Waals surface area (Å²) in [4.78, 5) is 18.0. The van der Waals surface area contributed by atoms with E-state index in [9.17, 15) is 18.0 Å². The molecule has 0 saturated heterocycles. The zero-order valence-electron chi connectivity index (χ0n) is 18.5. The van der Waals surface area contributed by atoms with Crippen molar-refractivity contribution in [1.29, 1.82) is 0 Å². The van der Waals surface area contributed by atoms with Crippen molar-refractivity contribution in [3.05, 3.63) is 107 Å². The van der Waals surface area contributed by atoms with Crippen LogP contribution in [0.5, 0.6) is 0 Å². The molecule has 0 fully saturated rings. The van der Waals surface area contributed by atoms with Gasteiger partial charge in [-0.05, 0) is 28.8 Å². The highest BCUT2D eigenvalue weighted by molar-refractivity contribution is 5.88. The summed E-state index contributed by atoms with van der Waals surface area (Å²) < 4.78 is 40.9. The van der Waals surface area contributed by atoms with Gasteiger partial charge in [0.25, 0.3) is 0 Å². The monoisotopic (exact) mass is 488 g/mol. The third-order valence-corrected chi connectivity index (χ3v) is 5.32.